The Morgan fingerprint density at radius 2 is 1.17 bits per heavy atom. The number of rotatable bonds is 5. The fraction of sp³-hybridized carbons (Fsp3) is 0.0500. The van der Waals surface area contributed by atoms with E-state index in [9.17, 15) is 15.0 Å². The number of hydrogen-bond donors (Lipinski definition) is 2. The molecule has 0 aliphatic rings. The van der Waals surface area contributed by atoms with E-state index in [1.165, 1.54) is 0 Å². The number of carbonyl (C=O) groups excluding carboxylic acids is 1. The summed E-state index contributed by atoms with van der Waals surface area (Å²) >= 11 is 0. The molecule has 120 valence electrons. The van der Waals surface area contributed by atoms with Gasteiger partial charge in [0.1, 0.15) is 11.5 Å². The van der Waals surface area contributed by atoms with Gasteiger partial charge in [0.25, 0.3) is 0 Å². The Bertz CT molecular complexity index is 766. The summed E-state index contributed by atoms with van der Waals surface area (Å²) in [4.78, 5) is 14.6. The molecule has 0 unspecified atom stereocenters. The van der Waals surface area contributed by atoms with E-state index in [0.717, 1.165) is 9.79 Å². The van der Waals surface area contributed by atoms with Crippen LogP contribution in [0, 0.1) is 0 Å². The first-order valence-corrected chi connectivity index (χ1v) is 8.90. The average Bonchev–Trinajstić information content (AvgIpc) is 2.62. The number of Topliss-reactive ketones (excluding diaryl/α,β-unsaturated/α-hetero) is 1. The fourth-order valence-electron chi connectivity index (χ4n) is 2.36. The number of aromatic hydroxyl groups is 2. The predicted molar refractivity (Wildman–Crippen MR) is 95.8 cm³/mol. The highest BCUT2D eigenvalue weighted by Crippen LogP contribution is 2.27. The highest BCUT2D eigenvalue weighted by atomic mass is 32.2. The minimum absolute atomic E-state index is 0.0695. The minimum atomic E-state index is -0.470. The van der Waals surface area contributed by atoms with E-state index >= 15 is 0 Å². The SMILES string of the molecule is O=C(C[S+](c1ccc(O)cc1)c1ccc(O)cc1)c1ccccc1. The molecule has 0 radical (unpaired) electrons. The maximum atomic E-state index is 12.6. The number of carbonyl (C=O) groups is 1. The van der Waals surface area contributed by atoms with Gasteiger partial charge in [-0.2, -0.15) is 0 Å². The molecule has 3 nitrogen and oxygen atoms in total. The van der Waals surface area contributed by atoms with Crippen molar-refractivity contribution in [3.8, 4) is 11.5 Å². The van der Waals surface area contributed by atoms with Crippen molar-refractivity contribution < 1.29 is 15.0 Å². The summed E-state index contributed by atoms with van der Waals surface area (Å²) in [5, 5.41) is 19.0. The van der Waals surface area contributed by atoms with E-state index in [1.54, 1.807) is 24.3 Å². The molecule has 4 heteroatoms. The van der Waals surface area contributed by atoms with Crippen LogP contribution in [0.4, 0.5) is 0 Å². The molecule has 0 spiro atoms. The second kappa shape index (κ2) is 7.23. The normalized spacial score (nSPS) is 10.7. The molecule has 0 bridgehead atoms. The number of hydrogen-bond acceptors (Lipinski definition) is 3. The second-order valence-electron chi connectivity index (χ2n) is 5.31. The van der Waals surface area contributed by atoms with Gasteiger partial charge in [-0.1, -0.05) is 30.3 Å². The maximum Gasteiger partial charge on any atom is 0.212 e. The Balaban J connectivity index is 1.94. The van der Waals surface area contributed by atoms with Crippen LogP contribution >= 0.6 is 0 Å². The highest BCUT2D eigenvalue weighted by molar-refractivity contribution is 7.97. The van der Waals surface area contributed by atoms with Crippen molar-refractivity contribution in [2.75, 3.05) is 5.75 Å². The highest BCUT2D eigenvalue weighted by Gasteiger charge is 2.29. The first-order valence-electron chi connectivity index (χ1n) is 7.51. The van der Waals surface area contributed by atoms with E-state index in [1.807, 2.05) is 54.6 Å². The van der Waals surface area contributed by atoms with Gasteiger partial charge in [0.2, 0.25) is 5.78 Å². The summed E-state index contributed by atoms with van der Waals surface area (Å²) in [6, 6.07) is 23.1. The first-order chi connectivity index (χ1) is 11.6. The van der Waals surface area contributed by atoms with Gasteiger partial charge in [0, 0.05) is 5.56 Å². The van der Waals surface area contributed by atoms with Crippen molar-refractivity contribution in [1.82, 2.24) is 0 Å². The molecule has 3 rings (SSSR count). The molecule has 0 saturated heterocycles. The second-order valence-corrected chi connectivity index (χ2v) is 7.33. The fourth-order valence-corrected chi connectivity index (χ4v) is 4.33. The molecule has 2 N–H and O–H groups in total. The van der Waals surface area contributed by atoms with Crippen LogP contribution in [-0.2, 0) is 10.9 Å². The lowest BCUT2D eigenvalue weighted by Crippen LogP contribution is -2.17. The summed E-state index contributed by atoms with van der Waals surface area (Å²) in [5.41, 5.74) is 0.688. The molecule has 3 aromatic carbocycles. The van der Waals surface area contributed by atoms with Crippen LogP contribution in [0.1, 0.15) is 10.4 Å². The summed E-state index contributed by atoms with van der Waals surface area (Å²) in [5.74, 6) is 0.810. The van der Waals surface area contributed by atoms with E-state index < -0.39 is 10.9 Å². The third-order valence-electron chi connectivity index (χ3n) is 3.61. The molecule has 0 aliphatic carbocycles. The molecule has 0 amide bonds. The van der Waals surface area contributed by atoms with Crippen LogP contribution in [0.3, 0.4) is 0 Å². The van der Waals surface area contributed by atoms with Crippen LogP contribution in [-0.4, -0.2) is 21.7 Å². The molecular formula is C20H17O3S+. The van der Waals surface area contributed by atoms with Crippen molar-refractivity contribution in [3.63, 3.8) is 0 Å². The third kappa shape index (κ3) is 3.78. The Morgan fingerprint density at radius 1 is 0.708 bits per heavy atom. The van der Waals surface area contributed by atoms with Gasteiger partial charge < -0.3 is 10.2 Å². The average molecular weight is 337 g/mol. The molecular weight excluding hydrogens is 320 g/mol. The Morgan fingerprint density at radius 3 is 1.62 bits per heavy atom. The van der Waals surface area contributed by atoms with Crippen molar-refractivity contribution in [1.29, 1.82) is 0 Å². The molecule has 0 heterocycles. The summed E-state index contributed by atoms with van der Waals surface area (Å²) in [7, 11) is -0.470. The summed E-state index contributed by atoms with van der Waals surface area (Å²) in [6.07, 6.45) is 0. The van der Waals surface area contributed by atoms with Gasteiger partial charge in [-0.3, -0.25) is 4.79 Å². The Hall–Kier alpha value is -2.72. The summed E-state index contributed by atoms with van der Waals surface area (Å²) in [6.45, 7) is 0. The maximum absolute atomic E-state index is 12.6. The number of phenols is 2. The van der Waals surface area contributed by atoms with Gasteiger partial charge in [-0.25, -0.2) is 0 Å². The van der Waals surface area contributed by atoms with Crippen molar-refractivity contribution >= 4 is 16.7 Å². The molecule has 0 aliphatic heterocycles. The minimum Gasteiger partial charge on any atom is -0.508 e. The zero-order valence-electron chi connectivity index (χ0n) is 12.9. The van der Waals surface area contributed by atoms with Crippen molar-refractivity contribution in [3.05, 3.63) is 84.4 Å². The zero-order chi connectivity index (χ0) is 16.9. The monoisotopic (exact) mass is 337 g/mol. The summed E-state index contributed by atoms with van der Waals surface area (Å²) < 4.78 is 0. The lowest BCUT2D eigenvalue weighted by Gasteiger charge is -2.08. The van der Waals surface area contributed by atoms with Gasteiger partial charge in [-0.15, -0.1) is 0 Å². The molecule has 3 aromatic rings. The van der Waals surface area contributed by atoms with Crippen LogP contribution in [0.25, 0.3) is 0 Å². The van der Waals surface area contributed by atoms with Crippen molar-refractivity contribution in [2.45, 2.75) is 9.79 Å². The standard InChI is InChI=1S/C20H16O3S/c21-16-6-10-18(11-7-16)24(19-12-8-17(22)9-13-19)14-20(23)15-4-2-1-3-5-15/h1-13H,14H2,(H-,21,22)/p+1. The first kappa shape index (κ1) is 16.1. The van der Waals surface area contributed by atoms with Gasteiger partial charge in [-0.05, 0) is 48.5 Å². The molecule has 0 saturated carbocycles. The number of benzene rings is 3. The molecule has 0 fully saturated rings. The quantitative estimate of drug-likeness (QED) is 0.546. The van der Waals surface area contributed by atoms with E-state index in [4.69, 9.17) is 0 Å². The number of ketones is 1. The third-order valence-corrected chi connectivity index (χ3v) is 5.85. The zero-order valence-corrected chi connectivity index (χ0v) is 13.7. The van der Waals surface area contributed by atoms with Crippen LogP contribution in [0.15, 0.2) is 88.7 Å². The number of phenolic OH excluding ortho intramolecular Hbond substituents is 2. The lowest BCUT2D eigenvalue weighted by molar-refractivity contribution is 0.102. The van der Waals surface area contributed by atoms with Crippen molar-refractivity contribution in [2.24, 2.45) is 0 Å². The van der Waals surface area contributed by atoms with Gasteiger partial charge >= 0.3 is 0 Å². The molecule has 0 aromatic heterocycles. The Kier molecular flexibility index (Phi) is 4.87. The van der Waals surface area contributed by atoms with Gasteiger partial charge in [0.05, 0.1) is 10.9 Å². The largest absolute Gasteiger partial charge is 0.508 e. The van der Waals surface area contributed by atoms with Crippen LogP contribution in [0.5, 0.6) is 11.5 Å². The van der Waals surface area contributed by atoms with E-state index in [0.29, 0.717) is 11.3 Å². The topological polar surface area (TPSA) is 57.5 Å². The Labute approximate surface area is 143 Å². The van der Waals surface area contributed by atoms with E-state index in [-0.39, 0.29) is 17.3 Å². The lowest BCUT2D eigenvalue weighted by atomic mass is 10.2. The van der Waals surface area contributed by atoms with Gasteiger partial charge in [0.15, 0.2) is 15.5 Å². The van der Waals surface area contributed by atoms with E-state index in [2.05, 4.69) is 0 Å². The molecule has 24 heavy (non-hydrogen) atoms. The predicted octanol–water partition coefficient (Wildman–Crippen LogP) is 4.02. The smallest absolute Gasteiger partial charge is 0.212 e. The van der Waals surface area contributed by atoms with Crippen LogP contribution in [0.2, 0.25) is 0 Å². The van der Waals surface area contributed by atoms with Crippen LogP contribution < -0.4 is 0 Å². The molecule has 0 atom stereocenters.